The summed E-state index contributed by atoms with van der Waals surface area (Å²) in [5.74, 6) is 1.71. The summed E-state index contributed by atoms with van der Waals surface area (Å²) in [6.07, 6.45) is 0. The molecule has 0 fully saturated rings. The van der Waals surface area contributed by atoms with E-state index >= 15 is 0 Å². The Morgan fingerprint density at radius 2 is 1.95 bits per heavy atom. The van der Waals surface area contributed by atoms with Crippen molar-refractivity contribution in [3.05, 3.63) is 59.7 Å². The van der Waals surface area contributed by atoms with E-state index in [9.17, 15) is 0 Å². The van der Waals surface area contributed by atoms with Crippen molar-refractivity contribution in [2.45, 2.75) is 17.9 Å². The number of rotatable bonds is 5. The summed E-state index contributed by atoms with van der Waals surface area (Å²) < 4.78 is 5.22. The van der Waals surface area contributed by atoms with E-state index in [1.807, 2.05) is 24.3 Å². The molecule has 2 N–H and O–H groups in total. The van der Waals surface area contributed by atoms with Gasteiger partial charge in [-0.1, -0.05) is 30.3 Å². The van der Waals surface area contributed by atoms with Crippen LogP contribution in [-0.4, -0.2) is 12.9 Å². The van der Waals surface area contributed by atoms with Crippen molar-refractivity contribution >= 4 is 11.8 Å². The summed E-state index contributed by atoms with van der Waals surface area (Å²) in [4.78, 5) is 1.29. The maximum atomic E-state index is 6.24. The van der Waals surface area contributed by atoms with Gasteiger partial charge in [-0.2, -0.15) is 0 Å². The number of thioether (sulfide) groups is 1. The SMILES string of the molecule is COc1cccc(C(N)CSc2ccccc2C)c1. The van der Waals surface area contributed by atoms with Gasteiger partial charge in [-0.15, -0.1) is 11.8 Å². The van der Waals surface area contributed by atoms with Crippen LogP contribution in [0.25, 0.3) is 0 Å². The molecule has 2 aromatic carbocycles. The number of hydrogen-bond donors (Lipinski definition) is 1. The van der Waals surface area contributed by atoms with Crippen molar-refractivity contribution < 1.29 is 4.74 Å². The molecule has 0 aliphatic rings. The second-order valence-electron chi connectivity index (χ2n) is 4.46. The first-order chi connectivity index (χ1) is 9.20. The Kier molecular flexibility index (Phi) is 4.88. The highest BCUT2D eigenvalue weighted by Gasteiger charge is 2.08. The fourth-order valence-corrected chi connectivity index (χ4v) is 2.89. The van der Waals surface area contributed by atoms with E-state index < -0.39 is 0 Å². The van der Waals surface area contributed by atoms with Crippen molar-refractivity contribution in [1.29, 1.82) is 0 Å². The maximum Gasteiger partial charge on any atom is 0.119 e. The fraction of sp³-hybridized carbons (Fsp3) is 0.250. The van der Waals surface area contributed by atoms with E-state index in [0.29, 0.717) is 0 Å². The lowest BCUT2D eigenvalue weighted by Crippen LogP contribution is -2.13. The minimum Gasteiger partial charge on any atom is -0.497 e. The Labute approximate surface area is 119 Å². The normalized spacial score (nSPS) is 12.2. The third-order valence-corrected chi connectivity index (χ3v) is 4.33. The summed E-state index contributed by atoms with van der Waals surface area (Å²) in [6.45, 7) is 2.12. The fourth-order valence-electron chi connectivity index (χ4n) is 1.87. The van der Waals surface area contributed by atoms with Gasteiger partial charge in [0.15, 0.2) is 0 Å². The van der Waals surface area contributed by atoms with Gasteiger partial charge in [0, 0.05) is 16.7 Å². The zero-order valence-corrected chi connectivity index (χ0v) is 12.1. The summed E-state index contributed by atoms with van der Waals surface area (Å²) in [6, 6.07) is 16.4. The molecule has 0 heterocycles. The average Bonchev–Trinajstić information content (AvgIpc) is 2.46. The molecule has 0 radical (unpaired) electrons. The van der Waals surface area contributed by atoms with Crippen LogP contribution in [0.3, 0.4) is 0 Å². The van der Waals surface area contributed by atoms with Crippen molar-refractivity contribution in [3.63, 3.8) is 0 Å². The van der Waals surface area contributed by atoms with Crippen molar-refractivity contribution in [1.82, 2.24) is 0 Å². The van der Waals surface area contributed by atoms with Gasteiger partial charge in [-0.05, 0) is 36.2 Å². The molecule has 0 bridgehead atoms. The Morgan fingerprint density at radius 1 is 1.16 bits per heavy atom. The number of ether oxygens (including phenoxy) is 1. The highest BCUT2D eigenvalue weighted by Crippen LogP contribution is 2.27. The molecule has 2 aromatic rings. The molecule has 0 spiro atoms. The highest BCUT2D eigenvalue weighted by atomic mass is 32.2. The van der Waals surface area contributed by atoms with Crippen LogP contribution in [0.1, 0.15) is 17.2 Å². The topological polar surface area (TPSA) is 35.2 Å². The molecule has 19 heavy (non-hydrogen) atoms. The quantitative estimate of drug-likeness (QED) is 0.842. The van der Waals surface area contributed by atoms with Crippen LogP contribution < -0.4 is 10.5 Å². The lowest BCUT2D eigenvalue weighted by molar-refractivity contribution is 0.414. The van der Waals surface area contributed by atoms with E-state index in [0.717, 1.165) is 17.1 Å². The molecule has 3 heteroatoms. The van der Waals surface area contributed by atoms with Crippen molar-refractivity contribution in [2.75, 3.05) is 12.9 Å². The molecule has 100 valence electrons. The lowest BCUT2D eigenvalue weighted by Gasteiger charge is -2.13. The monoisotopic (exact) mass is 273 g/mol. The first-order valence-electron chi connectivity index (χ1n) is 6.28. The molecule has 1 atom stereocenters. The van der Waals surface area contributed by atoms with Crippen LogP contribution in [0.5, 0.6) is 5.75 Å². The zero-order valence-electron chi connectivity index (χ0n) is 11.3. The van der Waals surface area contributed by atoms with Gasteiger partial charge >= 0.3 is 0 Å². The van der Waals surface area contributed by atoms with E-state index in [-0.39, 0.29) is 6.04 Å². The van der Waals surface area contributed by atoms with Gasteiger partial charge in [0.25, 0.3) is 0 Å². The lowest BCUT2D eigenvalue weighted by atomic mass is 10.1. The van der Waals surface area contributed by atoms with Crippen LogP contribution in [0.2, 0.25) is 0 Å². The molecule has 0 aliphatic heterocycles. The number of hydrogen-bond acceptors (Lipinski definition) is 3. The number of benzene rings is 2. The van der Waals surface area contributed by atoms with Gasteiger partial charge in [0.1, 0.15) is 5.75 Å². The molecule has 0 amide bonds. The molecule has 0 aliphatic carbocycles. The van der Waals surface area contributed by atoms with E-state index in [1.165, 1.54) is 10.5 Å². The van der Waals surface area contributed by atoms with Crippen LogP contribution in [0.4, 0.5) is 0 Å². The highest BCUT2D eigenvalue weighted by molar-refractivity contribution is 7.99. The van der Waals surface area contributed by atoms with E-state index in [1.54, 1.807) is 18.9 Å². The van der Waals surface area contributed by atoms with Crippen molar-refractivity contribution in [3.8, 4) is 5.75 Å². The Balaban J connectivity index is 2.01. The van der Waals surface area contributed by atoms with Gasteiger partial charge in [-0.25, -0.2) is 0 Å². The Morgan fingerprint density at radius 3 is 2.68 bits per heavy atom. The standard InChI is InChI=1S/C16H19NOS/c1-12-6-3-4-9-16(12)19-11-15(17)13-7-5-8-14(10-13)18-2/h3-10,15H,11,17H2,1-2H3. The van der Waals surface area contributed by atoms with Crippen LogP contribution in [0, 0.1) is 6.92 Å². The van der Waals surface area contributed by atoms with Crippen molar-refractivity contribution in [2.24, 2.45) is 5.73 Å². The molecule has 2 nitrogen and oxygen atoms in total. The maximum absolute atomic E-state index is 6.24. The predicted octanol–water partition coefficient (Wildman–Crippen LogP) is 3.80. The van der Waals surface area contributed by atoms with E-state index in [4.69, 9.17) is 10.5 Å². The summed E-state index contributed by atoms with van der Waals surface area (Å²) in [7, 11) is 1.67. The van der Waals surface area contributed by atoms with Gasteiger partial charge in [0.05, 0.1) is 7.11 Å². The Hall–Kier alpha value is -1.45. The molecular formula is C16H19NOS. The molecule has 0 saturated carbocycles. The minimum absolute atomic E-state index is 0.0136. The number of aryl methyl sites for hydroxylation is 1. The molecule has 2 rings (SSSR count). The molecule has 0 aromatic heterocycles. The van der Waals surface area contributed by atoms with E-state index in [2.05, 4.69) is 31.2 Å². The number of methoxy groups -OCH3 is 1. The van der Waals surface area contributed by atoms with Crippen LogP contribution in [-0.2, 0) is 0 Å². The third-order valence-electron chi connectivity index (χ3n) is 3.03. The van der Waals surface area contributed by atoms with Gasteiger partial charge in [-0.3, -0.25) is 0 Å². The molecule has 1 unspecified atom stereocenters. The average molecular weight is 273 g/mol. The minimum atomic E-state index is 0.0136. The second-order valence-corrected chi connectivity index (χ2v) is 5.52. The third kappa shape index (κ3) is 3.75. The summed E-state index contributed by atoms with van der Waals surface area (Å²) in [5.41, 5.74) is 8.65. The molecule has 0 saturated heterocycles. The first kappa shape index (κ1) is 14.0. The van der Waals surface area contributed by atoms with Gasteiger partial charge in [0.2, 0.25) is 0 Å². The predicted molar refractivity (Wildman–Crippen MR) is 81.8 cm³/mol. The summed E-state index contributed by atoms with van der Waals surface area (Å²) >= 11 is 1.80. The Bertz CT molecular complexity index is 542. The number of nitrogens with two attached hydrogens (primary N) is 1. The van der Waals surface area contributed by atoms with Gasteiger partial charge < -0.3 is 10.5 Å². The largest absolute Gasteiger partial charge is 0.497 e. The first-order valence-corrected chi connectivity index (χ1v) is 7.27. The zero-order chi connectivity index (χ0) is 13.7. The smallest absolute Gasteiger partial charge is 0.119 e. The van der Waals surface area contributed by atoms with Crippen LogP contribution >= 0.6 is 11.8 Å². The second kappa shape index (κ2) is 6.64. The van der Waals surface area contributed by atoms with Crippen LogP contribution in [0.15, 0.2) is 53.4 Å². The summed E-state index contributed by atoms with van der Waals surface area (Å²) in [5, 5.41) is 0. The molecular weight excluding hydrogens is 254 g/mol.